The van der Waals surface area contributed by atoms with E-state index >= 15 is 0 Å². The van der Waals surface area contributed by atoms with Crippen molar-refractivity contribution in [3.8, 4) is 5.75 Å². The van der Waals surface area contributed by atoms with Crippen LogP contribution >= 0.6 is 0 Å². The van der Waals surface area contributed by atoms with Gasteiger partial charge in [-0.15, -0.1) is 0 Å². The fraction of sp³-hybridized carbons (Fsp3) is 0.545. The van der Waals surface area contributed by atoms with E-state index in [0.29, 0.717) is 6.54 Å². The molecule has 162 valence electrons. The Labute approximate surface area is 178 Å². The van der Waals surface area contributed by atoms with Crippen molar-refractivity contribution in [1.29, 1.82) is 0 Å². The van der Waals surface area contributed by atoms with Crippen LogP contribution in [0, 0.1) is 6.92 Å². The number of hydrogen-bond donors (Lipinski definition) is 0. The summed E-state index contributed by atoms with van der Waals surface area (Å²) in [7, 11) is 1.68. The molecule has 30 heavy (non-hydrogen) atoms. The Morgan fingerprint density at radius 1 is 1.00 bits per heavy atom. The predicted molar refractivity (Wildman–Crippen MR) is 115 cm³/mol. The summed E-state index contributed by atoms with van der Waals surface area (Å²) in [5, 5.41) is 4.07. The summed E-state index contributed by atoms with van der Waals surface area (Å²) in [6, 6.07) is 10.1. The van der Waals surface area contributed by atoms with Crippen molar-refractivity contribution in [3.63, 3.8) is 0 Å². The first-order valence-corrected chi connectivity index (χ1v) is 10.6. The molecule has 0 atom stereocenters. The number of amides is 1. The molecule has 1 aromatic heterocycles. The fourth-order valence-electron chi connectivity index (χ4n) is 4.13. The number of hydrogen-bond acceptors (Lipinski definition) is 7. The lowest BCUT2D eigenvalue weighted by Crippen LogP contribution is -2.53. The Balaban J connectivity index is 1.19. The minimum absolute atomic E-state index is 0.241. The Hall–Kier alpha value is -2.58. The number of anilines is 1. The maximum Gasteiger partial charge on any atom is 0.236 e. The van der Waals surface area contributed by atoms with Crippen LogP contribution in [0.2, 0.25) is 0 Å². The van der Waals surface area contributed by atoms with Crippen LogP contribution in [-0.2, 0) is 11.3 Å². The molecular weight excluding hydrogens is 382 g/mol. The molecule has 8 nitrogen and oxygen atoms in total. The monoisotopic (exact) mass is 413 g/mol. The lowest BCUT2D eigenvalue weighted by Gasteiger charge is -2.38. The molecule has 0 radical (unpaired) electrons. The average Bonchev–Trinajstić information content (AvgIpc) is 3.20. The first-order valence-electron chi connectivity index (χ1n) is 10.6. The van der Waals surface area contributed by atoms with Gasteiger partial charge in [0, 0.05) is 70.7 Å². The lowest BCUT2D eigenvalue weighted by atomic mass is 10.2. The van der Waals surface area contributed by atoms with E-state index in [4.69, 9.17) is 9.26 Å². The number of aromatic nitrogens is 1. The van der Waals surface area contributed by atoms with Crippen molar-refractivity contribution >= 4 is 11.6 Å². The summed E-state index contributed by atoms with van der Waals surface area (Å²) < 4.78 is 10.4. The third-order valence-electron chi connectivity index (χ3n) is 5.96. The third kappa shape index (κ3) is 5.12. The molecule has 1 aromatic carbocycles. The van der Waals surface area contributed by atoms with Crippen LogP contribution in [-0.4, -0.2) is 91.8 Å². The molecule has 0 unspecified atom stereocenters. The number of nitrogens with zero attached hydrogens (tertiary/aromatic N) is 5. The van der Waals surface area contributed by atoms with E-state index in [2.05, 4.69) is 32.0 Å². The van der Waals surface area contributed by atoms with Crippen molar-refractivity contribution in [3.05, 3.63) is 41.8 Å². The topological polar surface area (TPSA) is 65.3 Å². The second-order valence-corrected chi connectivity index (χ2v) is 8.05. The Morgan fingerprint density at radius 3 is 2.27 bits per heavy atom. The number of rotatable bonds is 6. The van der Waals surface area contributed by atoms with Gasteiger partial charge in [0.05, 0.1) is 19.3 Å². The van der Waals surface area contributed by atoms with E-state index in [-0.39, 0.29) is 5.91 Å². The lowest BCUT2D eigenvalue weighted by molar-refractivity contribution is -0.133. The molecule has 2 aliphatic rings. The van der Waals surface area contributed by atoms with Gasteiger partial charge in [-0.25, -0.2) is 0 Å². The molecule has 1 amide bonds. The summed E-state index contributed by atoms with van der Waals surface area (Å²) in [6.07, 6.45) is 0. The largest absolute Gasteiger partial charge is 0.497 e. The normalized spacial score (nSPS) is 18.6. The molecular formula is C22H31N5O3. The second kappa shape index (κ2) is 9.49. The number of benzene rings is 1. The van der Waals surface area contributed by atoms with E-state index in [9.17, 15) is 4.79 Å². The standard InChI is InChI=1S/C22H31N5O3/c1-18-15-19(23-30-18)16-24-7-9-25(10-8-24)17-22(28)27-13-11-26(12-14-27)20-3-5-21(29-2)6-4-20/h3-6,15H,7-14,16-17H2,1-2H3. The molecule has 0 spiro atoms. The highest BCUT2D eigenvalue weighted by Gasteiger charge is 2.25. The Kier molecular flexibility index (Phi) is 6.54. The van der Waals surface area contributed by atoms with E-state index in [1.165, 1.54) is 5.69 Å². The van der Waals surface area contributed by atoms with Crippen molar-refractivity contribution in [1.82, 2.24) is 19.9 Å². The number of carbonyl (C=O) groups is 1. The van der Waals surface area contributed by atoms with Gasteiger partial charge >= 0.3 is 0 Å². The van der Waals surface area contributed by atoms with Crippen LogP contribution in [0.25, 0.3) is 0 Å². The van der Waals surface area contributed by atoms with Gasteiger partial charge in [0.2, 0.25) is 5.91 Å². The summed E-state index contributed by atoms with van der Waals surface area (Å²) >= 11 is 0. The maximum absolute atomic E-state index is 12.8. The van der Waals surface area contributed by atoms with Gasteiger partial charge in [0.25, 0.3) is 0 Å². The zero-order chi connectivity index (χ0) is 20.9. The van der Waals surface area contributed by atoms with Crippen LogP contribution in [0.15, 0.2) is 34.9 Å². The molecule has 0 bridgehead atoms. The maximum atomic E-state index is 12.8. The van der Waals surface area contributed by atoms with E-state index in [1.54, 1.807) is 7.11 Å². The number of ether oxygens (including phenoxy) is 1. The van der Waals surface area contributed by atoms with Gasteiger partial charge in [0.15, 0.2) is 0 Å². The molecule has 2 fully saturated rings. The first-order chi connectivity index (χ1) is 14.6. The van der Waals surface area contributed by atoms with Crippen LogP contribution < -0.4 is 9.64 Å². The molecule has 4 rings (SSSR count). The third-order valence-corrected chi connectivity index (χ3v) is 5.96. The Bertz CT molecular complexity index is 822. The highest BCUT2D eigenvalue weighted by molar-refractivity contribution is 5.78. The molecule has 2 aliphatic heterocycles. The summed E-state index contributed by atoms with van der Waals surface area (Å²) in [5.41, 5.74) is 2.16. The number of piperazine rings is 2. The summed E-state index contributed by atoms with van der Waals surface area (Å²) in [6.45, 7) is 10.2. The van der Waals surface area contributed by atoms with Crippen LogP contribution in [0.3, 0.4) is 0 Å². The van der Waals surface area contributed by atoms with E-state index in [1.807, 2.05) is 30.0 Å². The second-order valence-electron chi connectivity index (χ2n) is 8.05. The van der Waals surface area contributed by atoms with Gasteiger partial charge in [0.1, 0.15) is 11.5 Å². The van der Waals surface area contributed by atoms with Crippen LogP contribution in [0.5, 0.6) is 5.75 Å². The van der Waals surface area contributed by atoms with Crippen molar-refractivity contribution in [2.24, 2.45) is 0 Å². The summed E-state index contributed by atoms with van der Waals surface area (Å²) in [4.78, 5) is 21.7. The van der Waals surface area contributed by atoms with Crippen molar-refractivity contribution < 1.29 is 14.1 Å². The molecule has 0 N–H and O–H groups in total. The summed E-state index contributed by atoms with van der Waals surface area (Å²) in [5.74, 6) is 1.95. The molecule has 3 heterocycles. The van der Waals surface area contributed by atoms with Crippen molar-refractivity contribution in [2.75, 3.05) is 70.9 Å². The predicted octanol–water partition coefficient (Wildman–Crippen LogP) is 1.46. The smallest absolute Gasteiger partial charge is 0.236 e. The highest BCUT2D eigenvalue weighted by Crippen LogP contribution is 2.20. The average molecular weight is 414 g/mol. The number of carbonyl (C=O) groups excluding carboxylic acids is 1. The minimum atomic E-state index is 0.241. The number of aryl methyl sites for hydroxylation is 1. The quantitative estimate of drug-likeness (QED) is 0.710. The number of methoxy groups -OCH3 is 1. The molecule has 2 aromatic rings. The van der Waals surface area contributed by atoms with E-state index < -0.39 is 0 Å². The minimum Gasteiger partial charge on any atom is -0.497 e. The van der Waals surface area contributed by atoms with Gasteiger partial charge in [-0.1, -0.05) is 5.16 Å². The SMILES string of the molecule is COc1ccc(N2CCN(C(=O)CN3CCN(Cc4cc(C)on4)CC3)CC2)cc1. The van der Waals surface area contributed by atoms with Gasteiger partial charge in [-0.05, 0) is 31.2 Å². The molecule has 0 aliphatic carbocycles. The van der Waals surface area contributed by atoms with Crippen LogP contribution in [0.1, 0.15) is 11.5 Å². The molecule has 8 heteroatoms. The zero-order valence-electron chi connectivity index (χ0n) is 17.9. The van der Waals surface area contributed by atoms with Crippen molar-refractivity contribution in [2.45, 2.75) is 13.5 Å². The zero-order valence-corrected chi connectivity index (χ0v) is 17.9. The van der Waals surface area contributed by atoms with Crippen LogP contribution in [0.4, 0.5) is 5.69 Å². The highest BCUT2D eigenvalue weighted by atomic mass is 16.5. The van der Waals surface area contributed by atoms with Gasteiger partial charge in [-0.2, -0.15) is 0 Å². The van der Waals surface area contributed by atoms with Gasteiger partial charge < -0.3 is 19.1 Å². The molecule has 2 saturated heterocycles. The van der Waals surface area contributed by atoms with E-state index in [0.717, 1.165) is 76.1 Å². The first kappa shape index (κ1) is 20.7. The van der Waals surface area contributed by atoms with Gasteiger partial charge in [-0.3, -0.25) is 14.6 Å². The Morgan fingerprint density at radius 2 is 1.67 bits per heavy atom. The fourth-order valence-corrected chi connectivity index (χ4v) is 4.13. The molecule has 0 saturated carbocycles.